The van der Waals surface area contributed by atoms with Crippen molar-refractivity contribution in [2.75, 3.05) is 6.54 Å². The van der Waals surface area contributed by atoms with Crippen LogP contribution in [0.4, 0.5) is 0 Å². The van der Waals surface area contributed by atoms with Crippen LogP contribution in [-0.2, 0) is 6.42 Å². The van der Waals surface area contributed by atoms with E-state index in [0.29, 0.717) is 16.6 Å². The topological polar surface area (TPSA) is 46.2 Å². The SMILES string of the molecule is CCc1ccccc1C(O)C(CN)c1ccc(Cl)c(Cl)c1. The van der Waals surface area contributed by atoms with Crippen LogP contribution in [0.3, 0.4) is 0 Å². The summed E-state index contributed by atoms with van der Waals surface area (Å²) in [6.45, 7) is 2.40. The summed E-state index contributed by atoms with van der Waals surface area (Å²) >= 11 is 12.0. The quantitative estimate of drug-likeness (QED) is 0.860. The smallest absolute Gasteiger partial charge is 0.0873 e. The van der Waals surface area contributed by atoms with Gasteiger partial charge in [0.2, 0.25) is 0 Å². The Morgan fingerprint density at radius 1 is 1.10 bits per heavy atom. The van der Waals surface area contributed by atoms with Crippen LogP contribution in [0.2, 0.25) is 10.0 Å². The summed E-state index contributed by atoms with van der Waals surface area (Å²) in [5, 5.41) is 11.7. The molecule has 0 aliphatic heterocycles. The molecule has 4 heteroatoms. The number of rotatable bonds is 5. The molecule has 0 fully saturated rings. The van der Waals surface area contributed by atoms with Gasteiger partial charge in [-0.3, -0.25) is 0 Å². The van der Waals surface area contributed by atoms with Gasteiger partial charge in [-0.05, 0) is 35.2 Å². The van der Waals surface area contributed by atoms with Crippen molar-refractivity contribution < 1.29 is 5.11 Å². The number of halogens is 2. The first kappa shape index (κ1) is 16.3. The average Bonchev–Trinajstić information content (AvgIpc) is 2.51. The molecule has 0 aromatic heterocycles. The fourth-order valence-electron chi connectivity index (χ4n) is 2.55. The van der Waals surface area contributed by atoms with Gasteiger partial charge in [-0.2, -0.15) is 0 Å². The van der Waals surface area contributed by atoms with E-state index >= 15 is 0 Å². The molecule has 2 aromatic carbocycles. The molecule has 2 atom stereocenters. The summed E-state index contributed by atoms with van der Waals surface area (Å²) in [4.78, 5) is 0. The molecule has 21 heavy (non-hydrogen) atoms. The van der Waals surface area contributed by atoms with E-state index < -0.39 is 6.10 Å². The van der Waals surface area contributed by atoms with Gasteiger partial charge < -0.3 is 10.8 Å². The minimum absolute atomic E-state index is 0.215. The molecule has 112 valence electrons. The highest BCUT2D eigenvalue weighted by atomic mass is 35.5. The van der Waals surface area contributed by atoms with Gasteiger partial charge in [0.1, 0.15) is 0 Å². The molecule has 0 amide bonds. The van der Waals surface area contributed by atoms with Gasteiger partial charge in [-0.1, -0.05) is 60.5 Å². The molecule has 0 radical (unpaired) electrons. The highest BCUT2D eigenvalue weighted by Crippen LogP contribution is 2.34. The van der Waals surface area contributed by atoms with Crippen molar-refractivity contribution in [1.82, 2.24) is 0 Å². The van der Waals surface area contributed by atoms with Crippen molar-refractivity contribution >= 4 is 23.2 Å². The molecule has 0 spiro atoms. The Morgan fingerprint density at radius 2 is 1.81 bits per heavy atom. The van der Waals surface area contributed by atoms with Gasteiger partial charge in [0.05, 0.1) is 16.1 Å². The number of nitrogens with two attached hydrogens (primary N) is 1. The molecular formula is C17H19Cl2NO. The summed E-state index contributed by atoms with van der Waals surface area (Å²) in [7, 11) is 0. The summed E-state index contributed by atoms with van der Waals surface area (Å²) < 4.78 is 0. The number of aliphatic hydroxyl groups is 1. The Morgan fingerprint density at radius 3 is 2.43 bits per heavy atom. The third-order valence-electron chi connectivity index (χ3n) is 3.76. The van der Waals surface area contributed by atoms with Crippen molar-refractivity contribution in [2.45, 2.75) is 25.4 Å². The van der Waals surface area contributed by atoms with Gasteiger partial charge in [-0.15, -0.1) is 0 Å². The summed E-state index contributed by atoms with van der Waals surface area (Å²) in [6.07, 6.45) is 0.203. The van der Waals surface area contributed by atoms with Crippen LogP contribution in [-0.4, -0.2) is 11.7 Å². The van der Waals surface area contributed by atoms with E-state index in [-0.39, 0.29) is 5.92 Å². The lowest BCUT2D eigenvalue weighted by Crippen LogP contribution is -2.21. The van der Waals surface area contributed by atoms with Crippen molar-refractivity contribution in [3.63, 3.8) is 0 Å². The Kier molecular flexibility index (Phi) is 5.65. The van der Waals surface area contributed by atoms with E-state index in [9.17, 15) is 5.11 Å². The highest BCUT2D eigenvalue weighted by Gasteiger charge is 2.23. The van der Waals surface area contributed by atoms with E-state index in [1.165, 1.54) is 0 Å². The first-order chi connectivity index (χ1) is 10.1. The predicted octanol–water partition coefficient (Wildman–Crippen LogP) is 4.33. The maximum Gasteiger partial charge on any atom is 0.0873 e. The zero-order valence-corrected chi connectivity index (χ0v) is 13.4. The second-order valence-corrected chi connectivity index (χ2v) is 5.83. The molecule has 2 nitrogen and oxygen atoms in total. The van der Waals surface area contributed by atoms with Crippen LogP contribution in [0.25, 0.3) is 0 Å². The minimum Gasteiger partial charge on any atom is -0.388 e. The maximum atomic E-state index is 10.7. The zero-order valence-electron chi connectivity index (χ0n) is 11.9. The molecule has 0 aliphatic rings. The van der Waals surface area contributed by atoms with Crippen molar-refractivity contribution in [3.05, 3.63) is 69.2 Å². The fourth-order valence-corrected chi connectivity index (χ4v) is 2.86. The lowest BCUT2D eigenvalue weighted by atomic mass is 9.87. The number of aliphatic hydroxyl groups excluding tert-OH is 1. The Bertz CT molecular complexity index is 615. The molecule has 2 unspecified atom stereocenters. The average molecular weight is 324 g/mol. The van der Waals surface area contributed by atoms with Crippen molar-refractivity contribution in [3.8, 4) is 0 Å². The molecular weight excluding hydrogens is 305 g/mol. The predicted molar refractivity (Wildman–Crippen MR) is 89.0 cm³/mol. The highest BCUT2D eigenvalue weighted by molar-refractivity contribution is 6.42. The lowest BCUT2D eigenvalue weighted by molar-refractivity contribution is 0.146. The van der Waals surface area contributed by atoms with Gasteiger partial charge in [0.25, 0.3) is 0 Å². The van der Waals surface area contributed by atoms with Crippen LogP contribution in [0, 0.1) is 0 Å². The van der Waals surface area contributed by atoms with Gasteiger partial charge in [0, 0.05) is 12.5 Å². The fraction of sp³-hybridized carbons (Fsp3) is 0.294. The summed E-state index contributed by atoms with van der Waals surface area (Å²) in [5.74, 6) is -0.215. The second-order valence-electron chi connectivity index (χ2n) is 5.01. The number of hydrogen-bond donors (Lipinski definition) is 2. The normalized spacial score (nSPS) is 14.0. The van der Waals surface area contributed by atoms with E-state index in [1.807, 2.05) is 30.3 Å². The maximum absolute atomic E-state index is 10.7. The van der Waals surface area contributed by atoms with Crippen LogP contribution in [0.15, 0.2) is 42.5 Å². The van der Waals surface area contributed by atoms with Crippen molar-refractivity contribution in [2.24, 2.45) is 5.73 Å². The molecule has 0 saturated carbocycles. The molecule has 0 heterocycles. The van der Waals surface area contributed by atoms with E-state index in [4.69, 9.17) is 28.9 Å². The summed E-state index contributed by atoms with van der Waals surface area (Å²) in [5.41, 5.74) is 8.83. The first-order valence-electron chi connectivity index (χ1n) is 6.99. The summed E-state index contributed by atoms with van der Waals surface area (Å²) in [6, 6.07) is 13.3. The van der Waals surface area contributed by atoms with Crippen LogP contribution in [0.5, 0.6) is 0 Å². The molecule has 2 rings (SSSR count). The van der Waals surface area contributed by atoms with E-state index in [2.05, 4.69) is 6.92 Å². The Hall–Kier alpha value is -1.06. The zero-order chi connectivity index (χ0) is 15.4. The van der Waals surface area contributed by atoms with Crippen LogP contribution < -0.4 is 5.73 Å². The van der Waals surface area contributed by atoms with Crippen LogP contribution in [0.1, 0.15) is 35.6 Å². The van der Waals surface area contributed by atoms with Crippen molar-refractivity contribution in [1.29, 1.82) is 0 Å². The minimum atomic E-state index is -0.664. The third kappa shape index (κ3) is 3.58. The third-order valence-corrected chi connectivity index (χ3v) is 4.50. The standard InChI is InChI=1S/C17H19Cl2NO/c1-2-11-5-3-4-6-13(11)17(21)14(10-20)12-7-8-15(18)16(19)9-12/h3-9,14,17,21H,2,10,20H2,1H3. The van der Waals surface area contributed by atoms with Gasteiger partial charge >= 0.3 is 0 Å². The second kappa shape index (κ2) is 7.28. The largest absolute Gasteiger partial charge is 0.388 e. The Labute approximate surface area is 135 Å². The van der Waals surface area contributed by atoms with E-state index in [1.54, 1.807) is 12.1 Å². The van der Waals surface area contributed by atoms with Gasteiger partial charge in [-0.25, -0.2) is 0 Å². The molecule has 2 aromatic rings. The molecule has 0 saturated heterocycles. The number of benzene rings is 2. The molecule has 0 bridgehead atoms. The van der Waals surface area contributed by atoms with Gasteiger partial charge in [0.15, 0.2) is 0 Å². The first-order valence-corrected chi connectivity index (χ1v) is 7.75. The number of hydrogen-bond acceptors (Lipinski definition) is 2. The lowest BCUT2D eigenvalue weighted by Gasteiger charge is -2.24. The Balaban J connectivity index is 2.38. The molecule has 3 N–H and O–H groups in total. The van der Waals surface area contributed by atoms with Crippen LogP contribution >= 0.6 is 23.2 Å². The number of aryl methyl sites for hydroxylation is 1. The monoisotopic (exact) mass is 323 g/mol. The van der Waals surface area contributed by atoms with E-state index in [0.717, 1.165) is 23.1 Å². The molecule has 0 aliphatic carbocycles.